The number of esters is 1. The Hall–Kier alpha value is -0.960. The van der Waals surface area contributed by atoms with Gasteiger partial charge in [-0.15, -0.1) is 0 Å². The Bertz CT molecular complexity index is 374. The van der Waals surface area contributed by atoms with Gasteiger partial charge in [-0.2, -0.15) is 8.42 Å². The van der Waals surface area contributed by atoms with Crippen molar-refractivity contribution in [1.82, 2.24) is 6.15 Å². The Balaban J connectivity index is 0. The first-order chi connectivity index (χ1) is 7.72. The van der Waals surface area contributed by atoms with Crippen molar-refractivity contribution in [2.75, 3.05) is 13.7 Å². The molecule has 0 aromatic heterocycles. The highest BCUT2D eigenvalue weighted by Crippen LogP contribution is 2.18. The van der Waals surface area contributed by atoms with Crippen molar-refractivity contribution in [3.05, 3.63) is 12.2 Å². The quantitative estimate of drug-likeness (QED) is 0.554. The van der Waals surface area contributed by atoms with E-state index in [0.29, 0.717) is 0 Å². The molecule has 3 N–H and O–H groups in total. The minimum atomic E-state index is -3.99. The molecule has 0 unspecified atom stereocenters. The Kier molecular flexibility index (Phi) is 8.83. The van der Waals surface area contributed by atoms with Crippen molar-refractivity contribution < 1.29 is 26.3 Å². The lowest BCUT2D eigenvalue weighted by Gasteiger charge is -2.22. The lowest BCUT2D eigenvalue weighted by atomic mass is 10.1. The highest BCUT2D eigenvalue weighted by molar-refractivity contribution is 7.81. The van der Waals surface area contributed by atoms with Crippen LogP contribution in [0.1, 0.15) is 27.2 Å². The highest BCUT2D eigenvalue weighted by atomic mass is 32.3. The number of hydrogen-bond donors (Lipinski definition) is 1. The summed E-state index contributed by atoms with van der Waals surface area (Å²) >= 11 is 0. The summed E-state index contributed by atoms with van der Waals surface area (Å²) in [6.07, 6.45) is 3.07. The molecule has 0 spiro atoms. The van der Waals surface area contributed by atoms with E-state index in [9.17, 15) is 13.2 Å². The normalized spacial score (nSPS) is 12.2. The maximum Gasteiger partial charge on any atom is 0.400 e. The van der Waals surface area contributed by atoms with Gasteiger partial charge in [-0.1, -0.05) is 6.08 Å². The average molecular weight is 283 g/mol. The van der Waals surface area contributed by atoms with Gasteiger partial charge in [-0.05, 0) is 20.8 Å². The van der Waals surface area contributed by atoms with E-state index in [1.54, 1.807) is 26.8 Å². The second-order valence-electron chi connectivity index (χ2n) is 3.84. The summed E-state index contributed by atoms with van der Waals surface area (Å²) in [5, 5.41) is 0. The Morgan fingerprint density at radius 3 is 2.33 bits per heavy atom. The van der Waals surface area contributed by atoms with Crippen LogP contribution >= 0.6 is 0 Å². The van der Waals surface area contributed by atoms with E-state index in [4.69, 9.17) is 8.92 Å². The SMILES string of the molecule is CC=CC(=O)OCCC(C)(C)OS(=O)(=O)OC.N. The first-order valence-electron chi connectivity index (χ1n) is 5.03. The van der Waals surface area contributed by atoms with Crippen molar-refractivity contribution in [1.29, 1.82) is 0 Å². The van der Waals surface area contributed by atoms with Crippen LogP contribution in [0.5, 0.6) is 0 Å². The molecule has 8 heteroatoms. The van der Waals surface area contributed by atoms with Gasteiger partial charge in [0.2, 0.25) is 0 Å². The topological polar surface area (TPSA) is 114 Å². The van der Waals surface area contributed by atoms with Gasteiger partial charge in [0.25, 0.3) is 0 Å². The van der Waals surface area contributed by atoms with E-state index in [1.165, 1.54) is 6.08 Å². The van der Waals surface area contributed by atoms with Crippen molar-refractivity contribution in [3.8, 4) is 0 Å². The first-order valence-corrected chi connectivity index (χ1v) is 6.36. The summed E-state index contributed by atoms with van der Waals surface area (Å²) < 4.78 is 35.9. The fraction of sp³-hybridized carbons (Fsp3) is 0.700. The van der Waals surface area contributed by atoms with Gasteiger partial charge in [-0.25, -0.2) is 8.98 Å². The number of ether oxygens (including phenoxy) is 1. The average Bonchev–Trinajstić information content (AvgIpc) is 2.16. The summed E-state index contributed by atoms with van der Waals surface area (Å²) in [7, 11) is -2.98. The van der Waals surface area contributed by atoms with Crippen LogP contribution in [0.15, 0.2) is 12.2 Å². The van der Waals surface area contributed by atoms with E-state index in [1.807, 2.05) is 0 Å². The fourth-order valence-corrected chi connectivity index (χ4v) is 1.64. The van der Waals surface area contributed by atoms with Crippen molar-refractivity contribution in [2.24, 2.45) is 0 Å². The standard InChI is InChI=1S/C10H18O6S.H3N/c1-5-6-9(11)15-8-7-10(2,3)16-17(12,13)14-4;/h5-6H,7-8H2,1-4H3;1H3. The zero-order chi connectivity index (χ0) is 13.5. The van der Waals surface area contributed by atoms with Gasteiger partial charge in [0.05, 0.1) is 19.3 Å². The van der Waals surface area contributed by atoms with Gasteiger partial charge in [-0.3, -0.25) is 4.18 Å². The first kappa shape index (κ1) is 19.4. The van der Waals surface area contributed by atoms with Crippen LogP contribution in [-0.2, 0) is 28.3 Å². The van der Waals surface area contributed by atoms with Gasteiger partial charge < -0.3 is 10.9 Å². The molecular formula is C10H21NO6S. The molecule has 0 saturated carbocycles. The minimum Gasteiger partial charge on any atom is -0.462 e. The van der Waals surface area contributed by atoms with Crippen LogP contribution in [0, 0.1) is 0 Å². The predicted molar refractivity (Wildman–Crippen MR) is 66.5 cm³/mol. The summed E-state index contributed by atoms with van der Waals surface area (Å²) in [5.41, 5.74) is -0.995. The van der Waals surface area contributed by atoms with Crippen LogP contribution in [0.25, 0.3) is 0 Å². The number of allylic oxidation sites excluding steroid dienone is 1. The summed E-state index contributed by atoms with van der Waals surface area (Å²) in [5.74, 6) is -0.474. The van der Waals surface area contributed by atoms with Crippen LogP contribution in [0.3, 0.4) is 0 Å². The number of carbonyl (C=O) groups is 1. The predicted octanol–water partition coefficient (Wildman–Crippen LogP) is 1.34. The van der Waals surface area contributed by atoms with Crippen molar-refractivity contribution >= 4 is 16.4 Å². The van der Waals surface area contributed by atoms with E-state index in [0.717, 1.165) is 7.11 Å². The number of rotatable bonds is 7. The third-order valence-electron chi connectivity index (χ3n) is 1.78. The Morgan fingerprint density at radius 2 is 1.89 bits per heavy atom. The summed E-state index contributed by atoms with van der Waals surface area (Å²) in [6, 6.07) is 0. The molecule has 108 valence electrons. The van der Waals surface area contributed by atoms with E-state index in [-0.39, 0.29) is 19.2 Å². The lowest BCUT2D eigenvalue weighted by molar-refractivity contribution is -0.138. The Morgan fingerprint density at radius 1 is 1.33 bits per heavy atom. The molecule has 0 aliphatic heterocycles. The maximum absolute atomic E-state index is 11.1. The smallest absolute Gasteiger partial charge is 0.400 e. The van der Waals surface area contributed by atoms with Gasteiger partial charge in [0.15, 0.2) is 0 Å². The van der Waals surface area contributed by atoms with E-state index >= 15 is 0 Å². The van der Waals surface area contributed by atoms with Gasteiger partial charge in [0.1, 0.15) is 0 Å². The fourth-order valence-electron chi connectivity index (χ4n) is 0.934. The van der Waals surface area contributed by atoms with Gasteiger partial charge >= 0.3 is 16.4 Å². The largest absolute Gasteiger partial charge is 0.462 e. The zero-order valence-electron chi connectivity index (χ0n) is 11.1. The van der Waals surface area contributed by atoms with E-state index in [2.05, 4.69) is 4.18 Å². The summed E-state index contributed by atoms with van der Waals surface area (Å²) in [6.45, 7) is 4.88. The van der Waals surface area contributed by atoms with Crippen molar-refractivity contribution in [3.63, 3.8) is 0 Å². The molecule has 0 fully saturated rings. The Labute approximate surface area is 108 Å². The number of hydrogen-bond acceptors (Lipinski definition) is 7. The molecule has 0 bridgehead atoms. The second-order valence-corrected chi connectivity index (χ2v) is 5.15. The molecule has 18 heavy (non-hydrogen) atoms. The molecule has 0 heterocycles. The number of carbonyl (C=O) groups excluding carboxylic acids is 1. The molecule has 7 nitrogen and oxygen atoms in total. The van der Waals surface area contributed by atoms with Crippen LogP contribution in [0.4, 0.5) is 0 Å². The van der Waals surface area contributed by atoms with Crippen LogP contribution in [-0.4, -0.2) is 33.7 Å². The molecular weight excluding hydrogens is 262 g/mol. The zero-order valence-corrected chi connectivity index (χ0v) is 12.0. The third-order valence-corrected chi connectivity index (χ3v) is 2.85. The molecule has 0 amide bonds. The molecule has 0 aromatic rings. The molecule has 0 aromatic carbocycles. The second kappa shape index (κ2) is 8.20. The molecule has 0 aliphatic rings. The molecule has 0 saturated heterocycles. The monoisotopic (exact) mass is 283 g/mol. The lowest BCUT2D eigenvalue weighted by Crippen LogP contribution is -2.30. The molecule has 0 aliphatic carbocycles. The van der Waals surface area contributed by atoms with Crippen molar-refractivity contribution in [2.45, 2.75) is 32.8 Å². The molecule has 0 atom stereocenters. The van der Waals surface area contributed by atoms with Crippen LogP contribution < -0.4 is 6.15 Å². The molecule has 0 rings (SSSR count). The maximum atomic E-state index is 11.1. The van der Waals surface area contributed by atoms with Crippen LogP contribution in [0.2, 0.25) is 0 Å². The minimum absolute atomic E-state index is 0. The van der Waals surface area contributed by atoms with Gasteiger partial charge in [0, 0.05) is 12.5 Å². The summed E-state index contributed by atoms with van der Waals surface area (Å²) in [4.78, 5) is 11.0. The third kappa shape index (κ3) is 9.11. The highest BCUT2D eigenvalue weighted by Gasteiger charge is 2.26. The van der Waals surface area contributed by atoms with E-state index < -0.39 is 22.0 Å². The molecule has 0 radical (unpaired) electrons.